The smallest absolute Gasteiger partial charge is 0.235 e. The number of aromatic hydroxyl groups is 2. The Labute approximate surface area is 203 Å². The second-order valence-corrected chi connectivity index (χ2v) is 10.5. The molecule has 6 heteroatoms. The summed E-state index contributed by atoms with van der Waals surface area (Å²) in [6, 6.07) is 17.1. The zero-order valence-electron chi connectivity index (χ0n) is 20.1. The van der Waals surface area contributed by atoms with E-state index in [2.05, 4.69) is 31.1 Å². The molecule has 1 aliphatic carbocycles. The molecule has 5 rings (SSSR count). The molecule has 1 aliphatic rings. The molecular formula is C29H29FN2O3. The summed E-state index contributed by atoms with van der Waals surface area (Å²) < 4.78 is 14.5. The third kappa shape index (κ3) is 4.14. The number of rotatable bonds is 5. The van der Waals surface area contributed by atoms with Gasteiger partial charge in [0.25, 0.3) is 0 Å². The van der Waals surface area contributed by atoms with Gasteiger partial charge in [0.1, 0.15) is 5.82 Å². The second kappa shape index (κ2) is 8.15. The Bertz CT molecular complexity index is 1440. The Morgan fingerprint density at radius 1 is 1.03 bits per heavy atom. The Hall–Kier alpha value is -3.80. The van der Waals surface area contributed by atoms with E-state index in [0.29, 0.717) is 36.1 Å². The van der Waals surface area contributed by atoms with Gasteiger partial charge < -0.3 is 20.5 Å². The van der Waals surface area contributed by atoms with Gasteiger partial charge in [0.2, 0.25) is 5.91 Å². The number of fused-ring (bicyclic) bond motifs is 1. The van der Waals surface area contributed by atoms with E-state index in [0.717, 1.165) is 22.2 Å². The number of phenolic OH excluding ortho intramolecular Hbond substituents is 2. The lowest BCUT2D eigenvalue weighted by atomic mass is 9.87. The van der Waals surface area contributed by atoms with Gasteiger partial charge in [-0.15, -0.1) is 0 Å². The number of halogens is 1. The second-order valence-electron chi connectivity index (χ2n) is 10.5. The van der Waals surface area contributed by atoms with Crippen LogP contribution in [0.5, 0.6) is 11.5 Å². The van der Waals surface area contributed by atoms with E-state index < -0.39 is 5.41 Å². The first-order valence-corrected chi connectivity index (χ1v) is 11.8. The lowest BCUT2D eigenvalue weighted by Gasteiger charge is -2.20. The fraction of sp³-hybridized carbons (Fsp3) is 0.276. The first-order valence-electron chi connectivity index (χ1n) is 11.8. The molecule has 3 aromatic carbocycles. The maximum absolute atomic E-state index is 14.5. The largest absolute Gasteiger partial charge is 0.504 e. The molecular weight excluding hydrogens is 443 g/mol. The van der Waals surface area contributed by atoms with Gasteiger partial charge in [0.15, 0.2) is 11.5 Å². The summed E-state index contributed by atoms with van der Waals surface area (Å²) in [4.78, 5) is 16.8. The topological polar surface area (TPSA) is 85.4 Å². The van der Waals surface area contributed by atoms with Crippen molar-refractivity contribution in [3.8, 4) is 11.5 Å². The van der Waals surface area contributed by atoms with Crippen LogP contribution in [0, 0.1) is 5.82 Å². The zero-order chi connectivity index (χ0) is 25.0. The molecule has 0 spiro atoms. The van der Waals surface area contributed by atoms with Gasteiger partial charge >= 0.3 is 0 Å². The van der Waals surface area contributed by atoms with Crippen LogP contribution in [0.1, 0.15) is 56.0 Å². The monoisotopic (exact) mass is 472 g/mol. The molecule has 0 bridgehead atoms. The molecule has 0 radical (unpaired) electrons. The van der Waals surface area contributed by atoms with Crippen molar-refractivity contribution in [3.63, 3.8) is 0 Å². The molecule has 35 heavy (non-hydrogen) atoms. The molecule has 1 heterocycles. The minimum Gasteiger partial charge on any atom is -0.504 e. The summed E-state index contributed by atoms with van der Waals surface area (Å²) in [5.41, 5.74) is 4.05. The first-order chi connectivity index (χ1) is 16.6. The molecule has 0 atom stereocenters. The van der Waals surface area contributed by atoms with Crippen molar-refractivity contribution in [1.82, 2.24) is 4.98 Å². The number of hydrogen-bond acceptors (Lipinski definition) is 3. The number of hydrogen-bond donors (Lipinski definition) is 4. The lowest BCUT2D eigenvalue weighted by Crippen LogP contribution is -2.27. The molecule has 4 N–H and O–H groups in total. The van der Waals surface area contributed by atoms with E-state index in [4.69, 9.17) is 0 Å². The quantitative estimate of drug-likeness (QED) is 0.258. The van der Waals surface area contributed by atoms with Crippen LogP contribution < -0.4 is 5.32 Å². The van der Waals surface area contributed by atoms with Crippen LogP contribution in [-0.4, -0.2) is 21.1 Å². The number of nitrogens with one attached hydrogen (secondary N) is 2. The third-order valence-electron chi connectivity index (χ3n) is 6.95. The number of aromatic amines is 1. The van der Waals surface area contributed by atoms with Crippen LogP contribution in [0.2, 0.25) is 0 Å². The van der Waals surface area contributed by atoms with Crippen molar-refractivity contribution >= 4 is 22.5 Å². The van der Waals surface area contributed by atoms with E-state index >= 15 is 0 Å². The normalized spacial score (nSPS) is 14.7. The Morgan fingerprint density at radius 3 is 2.43 bits per heavy atom. The predicted octanol–water partition coefficient (Wildman–Crippen LogP) is 6.28. The average Bonchev–Trinajstić information content (AvgIpc) is 3.54. The summed E-state index contributed by atoms with van der Waals surface area (Å²) in [7, 11) is 0. The highest BCUT2D eigenvalue weighted by Gasteiger charge is 2.51. The van der Waals surface area contributed by atoms with Gasteiger partial charge in [-0.1, -0.05) is 45.0 Å². The highest BCUT2D eigenvalue weighted by molar-refractivity contribution is 6.03. The van der Waals surface area contributed by atoms with Crippen molar-refractivity contribution in [1.29, 1.82) is 0 Å². The highest BCUT2D eigenvalue weighted by Crippen LogP contribution is 2.50. The van der Waals surface area contributed by atoms with Gasteiger partial charge in [0.05, 0.1) is 5.41 Å². The van der Waals surface area contributed by atoms with Crippen molar-refractivity contribution in [2.45, 2.75) is 50.9 Å². The molecule has 4 aromatic rings. The number of benzene rings is 3. The van der Waals surface area contributed by atoms with Gasteiger partial charge in [0, 0.05) is 34.1 Å². The van der Waals surface area contributed by atoms with Crippen molar-refractivity contribution in [3.05, 3.63) is 88.9 Å². The molecule has 1 aromatic heterocycles. The maximum atomic E-state index is 14.5. The van der Waals surface area contributed by atoms with Gasteiger partial charge in [-0.3, -0.25) is 4.79 Å². The highest BCUT2D eigenvalue weighted by atomic mass is 19.1. The number of carbonyl (C=O) groups excluding carboxylic acids is 1. The maximum Gasteiger partial charge on any atom is 0.235 e. The molecule has 0 saturated heterocycles. The molecule has 5 nitrogen and oxygen atoms in total. The SMILES string of the molecule is CC(C)(C)c1[nH]c2ccc(NC(=O)C3(c4ccc(O)c(O)c4)CC3)cc2c1Cc1ccccc1F. The Morgan fingerprint density at radius 2 is 1.77 bits per heavy atom. The standard InChI is InChI=1S/C29H29FN2O3/c1-28(2,3)26-21(14-17-6-4-5-7-22(17)30)20-16-19(9-10-23(20)32-26)31-27(35)29(12-13-29)18-8-11-24(33)25(34)15-18/h4-11,15-16,32-34H,12-14H2,1-3H3,(H,31,35). The fourth-order valence-corrected chi connectivity index (χ4v) is 4.83. The molecule has 0 aliphatic heterocycles. The Balaban J connectivity index is 1.51. The first kappa shape index (κ1) is 23.0. The molecule has 1 saturated carbocycles. The van der Waals surface area contributed by atoms with Crippen molar-refractivity contribution < 1.29 is 19.4 Å². The summed E-state index contributed by atoms with van der Waals surface area (Å²) in [5.74, 6) is -0.828. The lowest BCUT2D eigenvalue weighted by molar-refractivity contribution is -0.118. The van der Waals surface area contributed by atoms with Crippen LogP contribution >= 0.6 is 0 Å². The molecule has 180 valence electrons. The van der Waals surface area contributed by atoms with Gasteiger partial charge in [-0.25, -0.2) is 4.39 Å². The van der Waals surface area contributed by atoms with Crippen molar-refractivity contribution in [2.75, 3.05) is 5.32 Å². The van der Waals surface area contributed by atoms with E-state index in [1.807, 2.05) is 24.3 Å². The average molecular weight is 473 g/mol. The molecule has 1 fully saturated rings. The summed E-state index contributed by atoms with van der Waals surface area (Å²) in [5, 5.41) is 23.5. The van der Waals surface area contributed by atoms with Crippen molar-refractivity contribution in [2.24, 2.45) is 0 Å². The van der Waals surface area contributed by atoms with E-state index in [1.54, 1.807) is 18.2 Å². The number of amides is 1. The minimum atomic E-state index is -0.717. The van der Waals surface area contributed by atoms with E-state index in [-0.39, 0.29) is 28.6 Å². The van der Waals surface area contributed by atoms with Crippen LogP contribution in [0.3, 0.4) is 0 Å². The number of carbonyl (C=O) groups is 1. The van der Waals surface area contributed by atoms with Gasteiger partial charge in [-0.2, -0.15) is 0 Å². The molecule has 0 unspecified atom stereocenters. The Kier molecular flexibility index (Phi) is 5.35. The number of phenols is 2. The minimum absolute atomic E-state index is 0.149. The summed E-state index contributed by atoms with van der Waals surface area (Å²) in [6.07, 6.45) is 1.78. The van der Waals surface area contributed by atoms with Gasteiger partial charge in [-0.05, 0) is 65.9 Å². The number of H-pyrrole nitrogens is 1. The molecule has 1 amide bonds. The number of anilines is 1. The summed E-state index contributed by atoms with van der Waals surface area (Å²) in [6.45, 7) is 6.36. The summed E-state index contributed by atoms with van der Waals surface area (Å²) >= 11 is 0. The van der Waals surface area contributed by atoms with E-state index in [9.17, 15) is 19.4 Å². The van der Waals surface area contributed by atoms with Crippen LogP contribution in [-0.2, 0) is 22.0 Å². The third-order valence-corrected chi connectivity index (χ3v) is 6.95. The van der Waals surface area contributed by atoms with Crippen LogP contribution in [0.15, 0.2) is 60.7 Å². The van der Waals surface area contributed by atoms with E-state index in [1.165, 1.54) is 18.2 Å². The zero-order valence-corrected chi connectivity index (χ0v) is 20.1. The predicted molar refractivity (Wildman–Crippen MR) is 136 cm³/mol. The van der Waals surface area contributed by atoms with Crippen LogP contribution in [0.25, 0.3) is 10.9 Å². The van der Waals surface area contributed by atoms with Crippen LogP contribution in [0.4, 0.5) is 10.1 Å². The number of aromatic nitrogens is 1. The fourth-order valence-electron chi connectivity index (χ4n) is 4.83.